The maximum Gasteiger partial charge on any atom is 0.254 e. The number of ether oxygens (including phenoxy) is 1. The largest absolute Gasteiger partial charge is 0.478 e. The van der Waals surface area contributed by atoms with Gasteiger partial charge in [-0.05, 0) is 31.2 Å². The first-order valence-corrected chi connectivity index (χ1v) is 8.72. The van der Waals surface area contributed by atoms with Crippen LogP contribution in [0.25, 0.3) is 11.0 Å². The minimum Gasteiger partial charge on any atom is -0.478 e. The van der Waals surface area contributed by atoms with E-state index in [0.29, 0.717) is 24.5 Å². The summed E-state index contributed by atoms with van der Waals surface area (Å²) in [5, 5.41) is 3.12. The van der Waals surface area contributed by atoms with E-state index >= 15 is 0 Å². The second-order valence-corrected chi connectivity index (χ2v) is 6.16. The third-order valence-electron chi connectivity index (χ3n) is 4.19. The SMILES string of the molecule is CCOc1ccc2c(n1)c(=O)c(C(N)=O)cn2Cc1cccc(CNC)c1.Cl. The molecule has 0 aliphatic rings. The van der Waals surface area contributed by atoms with E-state index in [9.17, 15) is 9.59 Å². The number of rotatable bonds is 7. The lowest BCUT2D eigenvalue weighted by molar-refractivity contribution is 0.0998. The molecule has 3 N–H and O–H groups in total. The van der Waals surface area contributed by atoms with Crippen molar-refractivity contribution >= 4 is 29.3 Å². The van der Waals surface area contributed by atoms with E-state index < -0.39 is 11.3 Å². The number of pyridine rings is 2. The predicted molar refractivity (Wildman–Crippen MR) is 111 cm³/mol. The Morgan fingerprint density at radius 1 is 1.25 bits per heavy atom. The number of hydrogen-bond donors (Lipinski definition) is 2. The molecule has 0 saturated heterocycles. The second-order valence-electron chi connectivity index (χ2n) is 6.16. The van der Waals surface area contributed by atoms with Crippen LogP contribution in [-0.2, 0) is 13.1 Å². The van der Waals surface area contributed by atoms with Crippen LogP contribution in [0, 0.1) is 0 Å². The van der Waals surface area contributed by atoms with Gasteiger partial charge in [-0.2, -0.15) is 0 Å². The molecule has 1 amide bonds. The van der Waals surface area contributed by atoms with Crippen LogP contribution in [-0.4, -0.2) is 29.1 Å². The van der Waals surface area contributed by atoms with Crippen molar-refractivity contribution in [3.8, 4) is 5.88 Å². The lowest BCUT2D eigenvalue weighted by Crippen LogP contribution is -2.25. The van der Waals surface area contributed by atoms with Gasteiger partial charge in [-0.25, -0.2) is 4.98 Å². The lowest BCUT2D eigenvalue weighted by Gasteiger charge is -2.14. The number of nitrogens with zero attached hydrogens (tertiary/aromatic N) is 2. The number of fused-ring (bicyclic) bond motifs is 1. The summed E-state index contributed by atoms with van der Waals surface area (Å²) in [7, 11) is 1.89. The van der Waals surface area contributed by atoms with Crippen LogP contribution in [0.3, 0.4) is 0 Å². The van der Waals surface area contributed by atoms with Crippen molar-refractivity contribution in [2.75, 3.05) is 13.7 Å². The normalized spacial score (nSPS) is 10.5. The molecular formula is C20H23ClN4O3. The fraction of sp³-hybridized carbons (Fsp3) is 0.250. The Morgan fingerprint density at radius 3 is 2.68 bits per heavy atom. The third kappa shape index (κ3) is 4.49. The number of hydrogen-bond acceptors (Lipinski definition) is 5. The van der Waals surface area contributed by atoms with Crippen LogP contribution >= 0.6 is 12.4 Å². The van der Waals surface area contributed by atoms with Gasteiger partial charge in [0.2, 0.25) is 11.3 Å². The average molecular weight is 403 g/mol. The Hall–Kier alpha value is -2.90. The van der Waals surface area contributed by atoms with Gasteiger partial charge in [0.25, 0.3) is 5.91 Å². The fourth-order valence-electron chi connectivity index (χ4n) is 3.02. The highest BCUT2D eigenvalue weighted by molar-refractivity contribution is 5.95. The van der Waals surface area contributed by atoms with Crippen molar-refractivity contribution in [3.05, 3.63) is 69.5 Å². The van der Waals surface area contributed by atoms with Crippen LogP contribution in [0.5, 0.6) is 5.88 Å². The topological polar surface area (TPSA) is 99.2 Å². The van der Waals surface area contributed by atoms with Crippen LogP contribution in [0.1, 0.15) is 28.4 Å². The monoisotopic (exact) mass is 402 g/mol. The zero-order valence-electron chi connectivity index (χ0n) is 15.8. The first-order valence-electron chi connectivity index (χ1n) is 8.72. The minimum absolute atomic E-state index is 0. The molecule has 0 atom stereocenters. The van der Waals surface area contributed by atoms with Crippen molar-refractivity contribution < 1.29 is 9.53 Å². The van der Waals surface area contributed by atoms with Gasteiger partial charge >= 0.3 is 0 Å². The summed E-state index contributed by atoms with van der Waals surface area (Å²) in [6.45, 7) is 3.50. The van der Waals surface area contributed by atoms with Gasteiger partial charge in [0, 0.05) is 25.4 Å². The molecule has 28 heavy (non-hydrogen) atoms. The predicted octanol–water partition coefficient (Wildman–Crippen LogP) is 2.08. The molecule has 0 fully saturated rings. The smallest absolute Gasteiger partial charge is 0.254 e. The Morgan fingerprint density at radius 2 is 2.00 bits per heavy atom. The van der Waals surface area contributed by atoms with Gasteiger partial charge in [0.1, 0.15) is 11.1 Å². The lowest BCUT2D eigenvalue weighted by atomic mass is 10.1. The first-order chi connectivity index (χ1) is 13.0. The van der Waals surface area contributed by atoms with E-state index in [0.717, 1.165) is 17.7 Å². The molecule has 0 bridgehead atoms. The standard InChI is InChI=1S/C20H22N4O3.ClH/c1-3-27-17-8-7-16-18(23-17)19(25)15(20(21)26)12-24(16)11-14-6-4-5-13(9-14)10-22-2;/h4-9,12,22H,3,10-11H2,1-2H3,(H2,21,26);1H. The van der Waals surface area contributed by atoms with Crippen LogP contribution in [0.4, 0.5) is 0 Å². The van der Waals surface area contributed by atoms with Crippen molar-refractivity contribution in [1.29, 1.82) is 0 Å². The molecule has 0 aliphatic carbocycles. The van der Waals surface area contributed by atoms with Crippen molar-refractivity contribution in [2.45, 2.75) is 20.0 Å². The van der Waals surface area contributed by atoms with Crippen molar-refractivity contribution in [1.82, 2.24) is 14.9 Å². The maximum absolute atomic E-state index is 12.6. The maximum atomic E-state index is 12.6. The summed E-state index contributed by atoms with van der Waals surface area (Å²) in [6, 6.07) is 11.6. The molecule has 3 rings (SSSR count). The summed E-state index contributed by atoms with van der Waals surface area (Å²) < 4.78 is 7.21. The number of primary amides is 1. The zero-order valence-corrected chi connectivity index (χ0v) is 16.6. The summed E-state index contributed by atoms with van der Waals surface area (Å²) in [6.07, 6.45) is 1.50. The number of nitrogens with one attached hydrogen (secondary N) is 1. The molecule has 2 heterocycles. The van der Waals surface area contributed by atoms with E-state index in [4.69, 9.17) is 10.5 Å². The highest BCUT2D eigenvalue weighted by Gasteiger charge is 2.15. The van der Waals surface area contributed by atoms with Crippen LogP contribution < -0.4 is 21.2 Å². The quantitative estimate of drug-likeness (QED) is 0.630. The van der Waals surface area contributed by atoms with Gasteiger partial charge in [-0.15, -0.1) is 12.4 Å². The van der Waals surface area contributed by atoms with Gasteiger partial charge in [0.15, 0.2) is 0 Å². The van der Waals surface area contributed by atoms with Crippen molar-refractivity contribution in [2.24, 2.45) is 5.73 Å². The highest BCUT2D eigenvalue weighted by atomic mass is 35.5. The van der Waals surface area contributed by atoms with E-state index in [-0.39, 0.29) is 23.5 Å². The number of aromatic nitrogens is 2. The zero-order chi connectivity index (χ0) is 19.4. The Bertz CT molecular complexity index is 1050. The van der Waals surface area contributed by atoms with E-state index in [1.807, 2.05) is 36.7 Å². The number of carbonyl (C=O) groups is 1. The van der Waals surface area contributed by atoms with Gasteiger partial charge < -0.3 is 20.4 Å². The molecule has 8 heteroatoms. The molecule has 2 aromatic heterocycles. The molecule has 0 spiro atoms. The molecule has 7 nitrogen and oxygen atoms in total. The summed E-state index contributed by atoms with van der Waals surface area (Å²) in [4.78, 5) is 28.7. The highest BCUT2D eigenvalue weighted by Crippen LogP contribution is 2.17. The van der Waals surface area contributed by atoms with Gasteiger partial charge in [0.05, 0.1) is 12.1 Å². The molecule has 0 unspecified atom stereocenters. The summed E-state index contributed by atoms with van der Waals surface area (Å²) >= 11 is 0. The number of carbonyl (C=O) groups excluding carboxylic acids is 1. The van der Waals surface area contributed by atoms with E-state index in [2.05, 4.69) is 16.4 Å². The Kier molecular flexibility index (Phi) is 7.14. The molecule has 0 saturated carbocycles. The van der Waals surface area contributed by atoms with E-state index in [1.165, 1.54) is 6.20 Å². The van der Waals surface area contributed by atoms with E-state index in [1.54, 1.807) is 12.1 Å². The second kappa shape index (κ2) is 9.34. The number of benzene rings is 1. The number of amides is 1. The van der Waals surface area contributed by atoms with Crippen molar-refractivity contribution in [3.63, 3.8) is 0 Å². The first kappa shape index (κ1) is 21.4. The minimum atomic E-state index is -0.775. The van der Waals surface area contributed by atoms with Crippen LogP contribution in [0.2, 0.25) is 0 Å². The Balaban J connectivity index is 0.00000280. The van der Waals surface area contributed by atoms with Gasteiger partial charge in [-0.1, -0.05) is 24.3 Å². The molecular weight excluding hydrogens is 380 g/mol. The molecule has 3 aromatic rings. The molecule has 1 aromatic carbocycles. The molecule has 0 aliphatic heterocycles. The summed E-state index contributed by atoms with van der Waals surface area (Å²) in [5.74, 6) is -0.436. The number of nitrogens with two attached hydrogens (primary N) is 1. The average Bonchev–Trinajstić information content (AvgIpc) is 2.65. The summed E-state index contributed by atoms with van der Waals surface area (Å²) in [5.41, 5.74) is 7.81. The molecule has 0 radical (unpaired) electrons. The number of halogens is 1. The molecule has 148 valence electrons. The third-order valence-corrected chi connectivity index (χ3v) is 4.19. The van der Waals surface area contributed by atoms with Crippen LogP contribution in [0.15, 0.2) is 47.4 Å². The fourth-order valence-corrected chi connectivity index (χ4v) is 3.02. The van der Waals surface area contributed by atoms with Gasteiger partial charge in [-0.3, -0.25) is 9.59 Å². The Labute approximate surface area is 168 Å².